The van der Waals surface area contributed by atoms with Gasteiger partial charge in [-0.1, -0.05) is 65.6 Å². The van der Waals surface area contributed by atoms with E-state index in [2.05, 4.69) is 28.3 Å². The smallest absolute Gasteiger partial charge is 0.308 e. The lowest BCUT2D eigenvalue weighted by Gasteiger charge is -2.16. The van der Waals surface area contributed by atoms with Crippen molar-refractivity contribution in [1.82, 2.24) is 5.09 Å². The van der Waals surface area contributed by atoms with Crippen LogP contribution in [-0.2, 0) is 13.9 Å². The average Bonchev–Trinajstić information content (AvgIpc) is 2.68. The molecule has 0 saturated heterocycles. The minimum atomic E-state index is -3.29. The first-order valence-corrected chi connectivity index (χ1v) is 10.6. The van der Waals surface area contributed by atoms with Crippen LogP contribution in [0.5, 0.6) is 0 Å². The van der Waals surface area contributed by atoms with Crippen molar-refractivity contribution >= 4 is 33.8 Å². The topological polar surface area (TPSA) is 55.4 Å². The van der Waals surface area contributed by atoms with E-state index in [-0.39, 0.29) is 6.47 Å². The lowest BCUT2D eigenvalue weighted by Crippen LogP contribution is -2.17. The number of hydrogen-bond donors (Lipinski definition) is 1. The van der Waals surface area contributed by atoms with Gasteiger partial charge in [-0.15, -0.1) is 0 Å². The zero-order chi connectivity index (χ0) is 18.5. The highest BCUT2D eigenvalue weighted by Gasteiger charge is 2.28. The SMILES string of the molecule is CCCC[C@@H](C)NP.O=COP(=O)(c1ccccc1)c1ccccc1. The second-order valence-electron chi connectivity index (χ2n) is 5.63. The van der Waals surface area contributed by atoms with Crippen LogP contribution in [0.1, 0.15) is 33.1 Å². The zero-order valence-electron chi connectivity index (χ0n) is 14.8. The van der Waals surface area contributed by atoms with Crippen LogP contribution in [0.15, 0.2) is 60.7 Å². The molecule has 6 heteroatoms. The molecule has 0 saturated carbocycles. The van der Waals surface area contributed by atoms with Crippen LogP contribution in [0.4, 0.5) is 0 Å². The van der Waals surface area contributed by atoms with Crippen molar-refractivity contribution in [2.24, 2.45) is 0 Å². The highest BCUT2D eigenvalue weighted by Crippen LogP contribution is 2.43. The Labute approximate surface area is 153 Å². The van der Waals surface area contributed by atoms with Crippen molar-refractivity contribution < 1.29 is 13.9 Å². The third kappa shape index (κ3) is 7.12. The summed E-state index contributed by atoms with van der Waals surface area (Å²) in [6.45, 7) is 4.65. The van der Waals surface area contributed by atoms with E-state index in [0.717, 1.165) is 0 Å². The maximum Gasteiger partial charge on any atom is 0.308 e. The Morgan fingerprint density at radius 2 is 1.56 bits per heavy atom. The van der Waals surface area contributed by atoms with Gasteiger partial charge in [0.2, 0.25) is 0 Å². The summed E-state index contributed by atoms with van der Waals surface area (Å²) < 4.78 is 17.6. The molecule has 0 bridgehead atoms. The van der Waals surface area contributed by atoms with Crippen LogP contribution in [0.2, 0.25) is 0 Å². The summed E-state index contributed by atoms with van der Waals surface area (Å²) in [5, 5.41) is 4.14. The van der Waals surface area contributed by atoms with Crippen molar-refractivity contribution in [3.05, 3.63) is 60.7 Å². The van der Waals surface area contributed by atoms with E-state index in [4.69, 9.17) is 4.52 Å². The molecule has 0 aliphatic carbocycles. The number of nitrogens with one attached hydrogen (secondary N) is 1. The highest BCUT2D eigenvalue weighted by molar-refractivity contribution is 7.74. The molecule has 0 amide bonds. The lowest BCUT2D eigenvalue weighted by atomic mass is 10.2. The van der Waals surface area contributed by atoms with Gasteiger partial charge in [0, 0.05) is 6.04 Å². The van der Waals surface area contributed by atoms with Gasteiger partial charge in [0.15, 0.2) is 0 Å². The fourth-order valence-electron chi connectivity index (χ4n) is 2.17. The maximum absolute atomic E-state index is 12.8. The summed E-state index contributed by atoms with van der Waals surface area (Å²) in [6, 6.07) is 18.1. The van der Waals surface area contributed by atoms with Gasteiger partial charge in [-0.05, 0) is 37.6 Å². The molecule has 0 fully saturated rings. The van der Waals surface area contributed by atoms with Crippen molar-refractivity contribution in [1.29, 1.82) is 0 Å². The fourth-order valence-corrected chi connectivity index (χ4v) is 4.13. The Kier molecular flexibility index (Phi) is 10.3. The van der Waals surface area contributed by atoms with Crippen molar-refractivity contribution in [3.8, 4) is 0 Å². The molecule has 0 aliphatic rings. The third-order valence-electron chi connectivity index (χ3n) is 3.66. The first-order valence-electron chi connectivity index (χ1n) is 8.38. The number of hydrogen-bond acceptors (Lipinski definition) is 4. The zero-order valence-corrected chi connectivity index (χ0v) is 16.8. The molecule has 0 spiro atoms. The molecule has 0 aromatic heterocycles. The number of carbonyl (C=O) groups excluding carboxylic acids is 1. The molecule has 2 aromatic rings. The van der Waals surface area contributed by atoms with E-state index in [1.54, 1.807) is 48.5 Å². The van der Waals surface area contributed by atoms with Gasteiger partial charge in [-0.2, -0.15) is 0 Å². The van der Waals surface area contributed by atoms with Gasteiger partial charge in [-0.3, -0.25) is 14.4 Å². The highest BCUT2D eigenvalue weighted by atomic mass is 31.2. The van der Waals surface area contributed by atoms with Crippen LogP contribution in [0.3, 0.4) is 0 Å². The van der Waals surface area contributed by atoms with E-state index >= 15 is 0 Å². The first kappa shape index (κ1) is 21.6. The van der Waals surface area contributed by atoms with E-state index in [0.29, 0.717) is 16.7 Å². The minimum absolute atomic E-state index is 0.237. The van der Waals surface area contributed by atoms with E-state index < -0.39 is 7.37 Å². The minimum Gasteiger partial charge on any atom is -0.407 e. The standard InChI is InChI=1S/C13H11O3P.C6H16NP/c14-11-16-17(15,12-7-3-1-4-8-12)13-9-5-2-6-10-13;1-3-4-5-6(2)7-8/h1-11H;6-7H,3-5,8H2,1-2H3/t;6-/m.1/s1. The van der Waals surface area contributed by atoms with Crippen molar-refractivity contribution in [3.63, 3.8) is 0 Å². The number of benzene rings is 2. The van der Waals surface area contributed by atoms with Gasteiger partial charge in [0.1, 0.15) is 0 Å². The summed E-state index contributed by atoms with van der Waals surface area (Å²) in [7, 11) is -0.753. The molecule has 1 unspecified atom stereocenters. The molecule has 136 valence electrons. The summed E-state index contributed by atoms with van der Waals surface area (Å²) in [5.41, 5.74) is 0. The van der Waals surface area contributed by atoms with Gasteiger partial charge < -0.3 is 4.52 Å². The molecular formula is C19H27NO3P2. The van der Waals surface area contributed by atoms with Crippen LogP contribution < -0.4 is 15.7 Å². The van der Waals surface area contributed by atoms with Crippen LogP contribution >= 0.6 is 16.8 Å². The second kappa shape index (κ2) is 12.0. The Morgan fingerprint density at radius 3 is 1.92 bits per heavy atom. The van der Waals surface area contributed by atoms with Crippen molar-refractivity contribution in [2.45, 2.75) is 39.2 Å². The van der Waals surface area contributed by atoms with E-state index in [1.165, 1.54) is 19.3 Å². The fraction of sp³-hybridized carbons (Fsp3) is 0.316. The molecule has 2 aromatic carbocycles. The van der Waals surface area contributed by atoms with Gasteiger partial charge in [0.05, 0.1) is 10.6 Å². The number of carbonyl (C=O) groups is 1. The molecule has 0 aliphatic heterocycles. The van der Waals surface area contributed by atoms with Gasteiger partial charge in [0.25, 0.3) is 6.47 Å². The van der Waals surface area contributed by atoms with Gasteiger partial charge in [-0.25, -0.2) is 0 Å². The monoisotopic (exact) mass is 379 g/mol. The molecule has 4 nitrogen and oxygen atoms in total. The lowest BCUT2D eigenvalue weighted by molar-refractivity contribution is -0.120. The Morgan fingerprint density at radius 1 is 1.08 bits per heavy atom. The maximum atomic E-state index is 12.8. The summed E-state index contributed by atoms with van der Waals surface area (Å²) in [4.78, 5) is 10.6. The number of unbranched alkanes of at least 4 members (excludes halogenated alkanes) is 1. The van der Waals surface area contributed by atoms with Crippen LogP contribution in [0.25, 0.3) is 0 Å². The summed E-state index contributed by atoms with van der Waals surface area (Å²) >= 11 is 0. The Balaban J connectivity index is 0.000000333. The third-order valence-corrected chi connectivity index (χ3v) is 6.57. The van der Waals surface area contributed by atoms with E-state index in [1.807, 2.05) is 12.1 Å². The number of rotatable bonds is 8. The Bertz CT molecular complexity index is 607. The molecular weight excluding hydrogens is 352 g/mol. The summed E-state index contributed by atoms with van der Waals surface area (Å²) in [6.07, 6.45) is 3.93. The molecule has 2 rings (SSSR count). The molecule has 2 atom stereocenters. The summed E-state index contributed by atoms with van der Waals surface area (Å²) in [5.74, 6) is 0. The predicted octanol–water partition coefficient (Wildman–Crippen LogP) is 4.03. The largest absolute Gasteiger partial charge is 0.407 e. The molecule has 0 radical (unpaired) electrons. The quantitative estimate of drug-likeness (QED) is 0.556. The molecule has 1 N–H and O–H groups in total. The Hall–Kier alpha value is -1.47. The van der Waals surface area contributed by atoms with Crippen molar-refractivity contribution in [2.75, 3.05) is 0 Å². The predicted molar refractivity (Wildman–Crippen MR) is 109 cm³/mol. The normalized spacial score (nSPS) is 11.8. The molecule has 25 heavy (non-hydrogen) atoms. The molecule has 0 heterocycles. The second-order valence-corrected chi connectivity index (χ2v) is 8.31. The average molecular weight is 379 g/mol. The van der Waals surface area contributed by atoms with Gasteiger partial charge >= 0.3 is 7.37 Å². The van der Waals surface area contributed by atoms with Crippen LogP contribution in [-0.4, -0.2) is 12.5 Å². The van der Waals surface area contributed by atoms with Crippen LogP contribution in [0, 0.1) is 0 Å². The first-order chi connectivity index (χ1) is 12.1. The van der Waals surface area contributed by atoms with E-state index in [9.17, 15) is 9.36 Å².